The highest BCUT2D eigenvalue weighted by molar-refractivity contribution is 6.31. The molecule has 0 saturated heterocycles. The third kappa shape index (κ3) is 4.73. The van der Waals surface area contributed by atoms with E-state index in [2.05, 4.69) is 5.32 Å². The van der Waals surface area contributed by atoms with E-state index < -0.39 is 0 Å². The fourth-order valence-corrected chi connectivity index (χ4v) is 3.64. The van der Waals surface area contributed by atoms with Crippen LogP contribution in [-0.4, -0.2) is 28.8 Å². The lowest BCUT2D eigenvalue weighted by molar-refractivity contribution is -0.132. The maximum Gasteiger partial charge on any atom is 0.227 e. The molecule has 3 rings (SSSR count). The second kappa shape index (κ2) is 7.75. The van der Waals surface area contributed by atoms with Gasteiger partial charge in [-0.25, -0.2) is 0 Å². The normalized spacial score (nSPS) is 23.2. The Bertz CT molecular complexity index is 652. The molecule has 2 amide bonds. The predicted molar refractivity (Wildman–Crippen MR) is 99.3 cm³/mol. The number of rotatable bonds is 5. The summed E-state index contributed by atoms with van der Waals surface area (Å²) < 4.78 is 0. The smallest absolute Gasteiger partial charge is 0.227 e. The van der Waals surface area contributed by atoms with Crippen LogP contribution < -0.4 is 11.1 Å². The van der Waals surface area contributed by atoms with Crippen molar-refractivity contribution in [1.29, 1.82) is 0 Å². The largest absolute Gasteiger partial charge is 0.336 e. The van der Waals surface area contributed by atoms with Gasteiger partial charge in [0.15, 0.2) is 0 Å². The van der Waals surface area contributed by atoms with Crippen LogP contribution in [0.2, 0.25) is 5.02 Å². The first-order valence-electron chi connectivity index (χ1n) is 9.06. The van der Waals surface area contributed by atoms with Crippen LogP contribution in [0.5, 0.6) is 0 Å². The SMILES string of the molecule is CC(=O)N(Cc1cc(NC(=O)C2CC2)ccc1Cl)C1CCC(N)CC1. The summed E-state index contributed by atoms with van der Waals surface area (Å²) in [6.07, 6.45) is 5.68. The second-order valence-corrected chi connectivity index (χ2v) is 7.69. The number of nitrogens with one attached hydrogen (secondary N) is 1. The first kappa shape index (κ1) is 18.2. The molecular formula is C19H26ClN3O2. The summed E-state index contributed by atoms with van der Waals surface area (Å²) in [5, 5.41) is 3.56. The topological polar surface area (TPSA) is 75.4 Å². The van der Waals surface area contributed by atoms with E-state index in [1.807, 2.05) is 17.0 Å². The van der Waals surface area contributed by atoms with Gasteiger partial charge in [0.1, 0.15) is 0 Å². The fraction of sp³-hybridized carbons (Fsp3) is 0.579. The van der Waals surface area contributed by atoms with Crippen LogP contribution in [0.1, 0.15) is 51.0 Å². The standard InChI is InChI=1S/C19H26ClN3O2/c1-12(24)23(17-7-4-15(21)5-8-17)11-14-10-16(6-9-18(14)20)22-19(25)13-2-3-13/h6,9-10,13,15,17H,2-5,7-8,11,21H2,1H3,(H,22,25). The van der Waals surface area contributed by atoms with E-state index in [0.717, 1.165) is 49.8 Å². The van der Waals surface area contributed by atoms with E-state index in [4.69, 9.17) is 17.3 Å². The highest BCUT2D eigenvalue weighted by atomic mass is 35.5. The molecular weight excluding hydrogens is 338 g/mol. The molecule has 3 N–H and O–H groups in total. The molecule has 0 unspecified atom stereocenters. The molecule has 1 aromatic rings. The number of nitrogens with two attached hydrogens (primary N) is 1. The number of benzene rings is 1. The maximum absolute atomic E-state index is 12.2. The van der Waals surface area contributed by atoms with E-state index in [0.29, 0.717) is 11.6 Å². The van der Waals surface area contributed by atoms with Gasteiger partial charge < -0.3 is 16.0 Å². The Labute approximate surface area is 153 Å². The maximum atomic E-state index is 12.2. The van der Waals surface area contributed by atoms with Crippen molar-refractivity contribution in [3.05, 3.63) is 28.8 Å². The molecule has 2 fully saturated rings. The molecule has 6 heteroatoms. The van der Waals surface area contributed by atoms with Gasteiger partial charge in [-0.1, -0.05) is 11.6 Å². The van der Waals surface area contributed by atoms with Crippen molar-refractivity contribution in [1.82, 2.24) is 4.90 Å². The lowest BCUT2D eigenvalue weighted by Crippen LogP contribution is -2.42. The van der Waals surface area contributed by atoms with Gasteiger partial charge in [0.25, 0.3) is 0 Å². The van der Waals surface area contributed by atoms with Crippen LogP contribution in [0.4, 0.5) is 5.69 Å². The van der Waals surface area contributed by atoms with E-state index in [1.165, 1.54) is 0 Å². The molecule has 5 nitrogen and oxygen atoms in total. The third-order valence-electron chi connectivity index (χ3n) is 5.19. The number of carbonyl (C=O) groups is 2. The van der Waals surface area contributed by atoms with Gasteiger partial charge in [-0.15, -0.1) is 0 Å². The minimum atomic E-state index is 0.0453. The monoisotopic (exact) mass is 363 g/mol. The molecule has 25 heavy (non-hydrogen) atoms. The minimum absolute atomic E-state index is 0.0453. The molecule has 2 saturated carbocycles. The summed E-state index contributed by atoms with van der Waals surface area (Å²) in [6, 6.07) is 5.93. The van der Waals surface area contributed by atoms with Crippen molar-refractivity contribution in [2.75, 3.05) is 5.32 Å². The lowest BCUT2D eigenvalue weighted by Gasteiger charge is -2.35. The molecule has 1 aromatic carbocycles. The third-order valence-corrected chi connectivity index (χ3v) is 5.56. The number of carbonyl (C=O) groups excluding carboxylic acids is 2. The average Bonchev–Trinajstić information content (AvgIpc) is 3.41. The van der Waals surface area contributed by atoms with Crippen molar-refractivity contribution in [3.8, 4) is 0 Å². The highest BCUT2D eigenvalue weighted by Crippen LogP contribution is 2.31. The summed E-state index contributed by atoms with van der Waals surface area (Å²) in [5.41, 5.74) is 7.58. The fourth-order valence-electron chi connectivity index (χ4n) is 3.46. The highest BCUT2D eigenvalue weighted by Gasteiger charge is 2.30. The van der Waals surface area contributed by atoms with Gasteiger partial charge in [-0.05, 0) is 62.3 Å². The van der Waals surface area contributed by atoms with Gasteiger partial charge in [-0.2, -0.15) is 0 Å². The molecule has 0 aliphatic heterocycles. The van der Waals surface area contributed by atoms with E-state index in [1.54, 1.807) is 13.0 Å². The van der Waals surface area contributed by atoms with Crippen LogP contribution in [0.15, 0.2) is 18.2 Å². The van der Waals surface area contributed by atoms with E-state index >= 15 is 0 Å². The summed E-state index contributed by atoms with van der Waals surface area (Å²) in [7, 11) is 0. The zero-order chi connectivity index (χ0) is 18.0. The Morgan fingerprint density at radius 3 is 2.48 bits per heavy atom. The van der Waals surface area contributed by atoms with Gasteiger partial charge in [-0.3, -0.25) is 9.59 Å². The van der Waals surface area contributed by atoms with Crippen LogP contribution in [0.3, 0.4) is 0 Å². The van der Waals surface area contributed by atoms with Crippen LogP contribution >= 0.6 is 11.6 Å². The van der Waals surface area contributed by atoms with Gasteiger partial charge in [0.05, 0.1) is 0 Å². The number of amides is 2. The number of nitrogens with zero attached hydrogens (tertiary/aromatic N) is 1. The summed E-state index contributed by atoms with van der Waals surface area (Å²) in [5.74, 6) is 0.265. The number of halogens is 1. The van der Waals surface area contributed by atoms with E-state index in [-0.39, 0.29) is 29.8 Å². The van der Waals surface area contributed by atoms with Crippen molar-refractivity contribution in [2.24, 2.45) is 11.7 Å². The Balaban J connectivity index is 1.72. The van der Waals surface area contributed by atoms with Crippen molar-refractivity contribution < 1.29 is 9.59 Å². The van der Waals surface area contributed by atoms with Crippen LogP contribution in [-0.2, 0) is 16.1 Å². The molecule has 0 heterocycles. The summed E-state index contributed by atoms with van der Waals surface area (Å²) >= 11 is 6.35. The van der Waals surface area contributed by atoms with Crippen molar-refractivity contribution in [3.63, 3.8) is 0 Å². The average molecular weight is 364 g/mol. The molecule has 2 aliphatic rings. The minimum Gasteiger partial charge on any atom is -0.336 e. The van der Waals surface area contributed by atoms with E-state index in [9.17, 15) is 9.59 Å². The summed E-state index contributed by atoms with van der Waals surface area (Å²) in [6.45, 7) is 2.06. The Morgan fingerprint density at radius 1 is 1.20 bits per heavy atom. The molecule has 0 atom stereocenters. The van der Waals surface area contributed by atoms with Gasteiger partial charge in [0.2, 0.25) is 11.8 Å². The first-order chi connectivity index (χ1) is 11.9. The van der Waals surface area contributed by atoms with Gasteiger partial charge in [0, 0.05) is 42.2 Å². The molecule has 136 valence electrons. The van der Waals surface area contributed by atoms with Crippen molar-refractivity contribution >= 4 is 29.1 Å². The Morgan fingerprint density at radius 2 is 1.88 bits per heavy atom. The molecule has 0 aromatic heterocycles. The molecule has 0 radical (unpaired) electrons. The zero-order valence-corrected chi connectivity index (χ0v) is 15.4. The van der Waals surface area contributed by atoms with Crippen molar-refractivity contribution in [2.45, 2.75) is 64.1 Å². The van der Waals surface area contributed by atoms with Gasteiger partial charge >= 0.3 is 0 Å². The quantitative estimate of drug-likeness (QED) is 0.842. The summed E-state index contributed by atoms with van der Waals surface area (Å²) in [4.78, 5) is 26.0. The molecule has 2 aliphatic carbocycles. The van der Waals surface area contributed by atoms with Crippen LogP contribution in [0.25, 0.3) is 0 Å². The second-order valence-electron chi connectivity index (χ2n) is 7.29. The number of hydrogen-bond acceptors (Lipinski definition) is 3. The zero-order valence-electron chi connectivity index (χ0n) is 14.6. The first-order valence-corrected chi connectivity index (χ1v) is 9.44. The number of anilines is 1. The number of hydrogen-bond donors (Lipinski definition) is 2. The Kier molecular flexibility index (Phi) is 5.64. The Hall–Kier alpha value is -1.59. The molecule has 0 spiro atoms. The predicted octanol–water partition coefficient (Wildman–Crippen LogP) is 3.31. The molecule has 0 bridgehead atoms. The van der Waals surface area contributed by atoms with Crippen LogP contribution in [0, 0.1) is 5.92 Å². The lowest BCUT2D eigenvalue weighted by atomic mass is 9.90.